The molecule has 0 heterocycles. The summed E-state index contributed by atoms with van der Waals surface area (Å²) in [6.07, 6.45) is 15.8. The van der Waals surface area contributed by atoms with Crippen LogP contribution in [0.5, 0.6) is 0 Å². The van der Waals surface area contributed by atoms with E-state index < -0.39 is 0 Å². The van der Waals surface area contributed by atoms with Gasteiger partial charge in [-0.25, -0.2) is 0 Å². The third-order valence-corrected chi connectivity index (χ3v) is 2.50. The number of hydrogen-bond donors (Lipinski definition) is 0. The molecule has 0 aliphatic carbocycles. The minimum Gasteiger partial charge on any atom is -0.120 e. The van der Waals surface area contributed by atoms with Gasteiger partial charge in [-0.2, -0.15) is 0 Å². The lowest BCUT2D eigenvalue weighted by Gasteiger charge is -2.04. The van der Waals surface area contributed by atoms with Crippen molar-refractivity contribution in [3.63, 3.8) is 0 Å². The predicted molar refractivity (Wildman–Crippen MR) is 74.2 cm³/mol. The van der Waals surface area contributed by atoms with Crippen LogP contribution in [-0.2, 0) is 0 Å². The van der Waals surface area contributed by atoms with Gasteiger partial charge in [0.05, 0.1) is 0 Å². The van der Waals surface area contributed by atoms with E-state index in [1.807, 2.05) is 6.08 Å². The minimum atomic E-state index is 0.666. The van der Waals surface area contributed by atoms with Gasteiger partial charge in [0.1, 0.15) is 0 Å². The number of terminal acetylenes is 1. The van der Waals surface area contributed by atoms with Crippen LogP contribution in [0.4, 0.5) is 0 Å². The SMILES string of the molecule is C#CCC(C=C)=CC=C(C)CCCC(C)C. The third-order valence-electron chi connectivity index (χ3n) is 2.50. The smallest absolute Gasteiger partial charge is 0.0337 e. The van der Waals surface area contributed by atoms with Crippen LogP contribution in [-0.4, -0.2) is 0 Å². The standard InChI is InChI=1S/C16H24/c1-6-9-16(7-2)13-12-15(5)11-8-10-14(3)4/h1,7,12-14H,2,8-11H2,3-5H3. The van der Waals surface area contributed by atoms with Gasteiger partial charge < -0.3 is 0 Å². The summed E-state index contributed by atoms with van der Waals surface area (Å²) >= 11 is 0. The molecule has 0 N–H and O–H groups in total. The van der Waals surface area contributed by atoms with Crippen molar-refractivity contribution in [1.29, 1.82) is 0 Å². The van der Waals surface area contributed by atoms with Crippen molar-refractivity contribution in [2.24, 2.45) is 5.92 Å². The molecule has 0 aromatic heterocycles. The summed E-state index contributed by atoms with van der Waals surface area (Å²) in [5, 5.41) is 0. The molecule has 0 aliphatic rings. The molecular weight excluding hydrogens is 192 g/mol. The van der Waals surface area contributed by atoms with Crippen LogP contribution >= 0.6 is 0 Å². The second-order valence-corrected chi connectivity index (χ2v) is 4.63. The Kier molecular flexibility index (Phi) is 8.35. The molecule has 0 amide bonds. The minimum absolute atomic E-state index is 0.666. The van der Waals surface area contributed by atoms with Gasteiger partial charge in [0.2, 0.25) is 0 Å². The van der Waals surface area contributed by atoms with E-state index in [1.165, 1.54) is 24.8 Å². The Morgan fingerprint density at radius 1 is 1.38 bits per heavy atom. The first kappa shape index (κ1) is 14.8. The highest BCUT2D eigenvalue weighted by Crippen LogP contribution is 2.12. The lowest BCUT2D eigenvalue weighted by atomic mass is 10.0. The van der Waals surface area contributed by atoms with Gasteiger partial charge in [-0.15, -0.1) is 12.3 Å². The van der Waals surface area contributed by atoms with E-state index >= 15 is 0 Å². The van der Waals surface area contributed by atoms with E-state index in [0.717, 1.165) is 11.5 Å². The van der Waals surface area contributed by atoms with Gasteiger partial charge in [0.25, 0.3) is 0 Å². The van der Waals surface area contributed by atoms with Crippen molar-refractivity contribution < 1.29 is 0 Å². The van der Waals surface area contributed by atoms with Gasteiger partial charge in [0, 0.05) is 6.42 Å². The third kappa shape index (κ3) is 8.12. The van der Waals surface area contributed by atoms with Gasteiger partial charge >= 0.3 is 0 Å². The zero-order valence-electron chi connectivity index (χ0n) is 10.9. The zero-order valence-corrected chi connectivity index (χ0v) is 10.9. The van der Waals surface area contributed by atoms with E-state index in [4.69, 9.17) is 6.42 Å². The van der Waals surface area contributed by atoms with Crippen LogP contribution in [0.15, 0.2) is 36.0 Å². The fraction of sp³-hybridized carbons (Fsp3) is 0.500. The fourth-order valence-corrected chi connectivity index (χ4v) is 1.44. The molecule has 0 unspecified atom stereocenters. The molecule has 0 aromatic carbocycles. The second-order valence-electron chi connectivity index (χ2n) is 4.63. The van der Waals surface area contributed by atoms with Gasteiger partial charge in [-0.1, -0.05) is 50.6 Å². The first-order valence-electron chi connectivity index (χ1n) is 6.02. The molecule has 0 rings (SSSR count). The van der Waals surface area contributed by atoms with Crippen molar-refractivity contribution in [1.82, 2.24) is 0 Å². The molecular formula is C16H24. The van der Waals surface area contributed by atoms with E-state index in [-0.39, 0.29) is 0 Å². The Morgan fingerprint density at radius 2 is 2.06 bits per heavy atom. The van der Waals surface area contributed by atoms with Crippen LogP contribution in [0.3, 0.4) is 0 Å². The van der Waals surface area contributed by atoms with Gasteiger partial charge in [-0.05, 0) is 31.3 Å². The van der Waals surface area contributed by atoms with Gasteiger partial charge in [-0.3, -0.25) is 0 Å². The summed E-state index contributed by atoms with van der Waals surface area (Å²) in [6.45, 7) is 10.5. The highest BCUT2D eigenvalue weighted by atomic mass is 14.0. The van der Waals surface area contributed by atoms with Crippen LogP contribution in [0, 0.1) is 18.3 Å². The Morgan fingerprint density at radius 3 is 2.56 bits per heavy atom. The number of allylic oxidation sites excluding steroid dienone is 5. The fourth-order valence-electron chi connectivity index (χ4n) is 1.44. The summed E-state index contributed by atoms with van der Waals surface area (Å²) < 4.78 is 0. The van der Waals surface area contributed by atoms with Crippen molar-refractivity contribution >= 4 is 0 Å². The molecule has 0 nitrogen and oxygen atoms in total. The molecule has 16 heavy (non-hydrogen) atoms. The Hall–Kier alpha value is -1.22. The summed E-state index contributed by atoms with van der Waals surface area (Å²) in [5.41, 5.74) is 2.53. The molecule has 0 fully saturated rings. The van der Waals surface area contributed by atoms with Crippen molar-refractivity contribution in [3.05, 3.63) is 36.0 Å². The summed E-state index contributed by atoms with van der Waals surface area (Å²) in [4.78, 5) is 0. The lowest BCUT2D eigenvalue weighted by molar-refractivity contribution is 0.555. The van der Waals surface area contributed by atoms with E-state index in [0.29, 0.717) is 6.42 Å². The van der Waals surface area contributed by atoms with Gasteiger partial charge in [0.15, 0.2) is 0 Å². The highest BCUT2D eigenvalue weighted by Gasteiger charge is 1.94. The maximum absolute atomic E-state index is 5.27. The van der Waals surface area contributed by atoms with E-state index in [2.05, 4.69) is 45.4 Å². The molecule has 0 heteroatoms. The van der Waals surface area contributed by atoms with Crippen LogP contribution in [0.2, 0.25) is 0 Å². The van der Waals surface area contributed by atoms with Crippen molar-refractivity contribution in [3.8, 4) is 12.3 Å². The second kappa shape index (κ2) is 9.04. The largest absolute Gasteiger partial charge is 0.120 e. The van der Waals surface area contributed by atoms with E-state index in [1.54, 1.807) is 0 Å². The quantitative estimate of drug-likeness (QED) is 0.419. The molecule has 0 radical (unpaired) electrons. The summed E-state index contributed by atoms with van der Waals surface area (Å²) in [7, 11) is 0. The van der Waals surface area contributed by atoms with Crippen molar-refractivity contribution in [2.45, 2.75) is 46.5 Å². The monoisotopic (exact) mass is 216 g/mol. The van der Waals surface area contributed by atoms with Crippen LogP contribution in [0.1, 0.15) is 46.5 Å². The summed E-state index contributed by atoms with van der Waals surface area (Å²) in [5.74, 6) is 3.43. The molecule has 0 saturated carbocycles. The molecule has 0 aromatic rings. The van der Waals surface area contributed by atoms with E-state index in [9.17, 15) is 0 Å². The number of hydrogen-bond acceptors (Lipinski definition) is 0. The average Bonchev–Trinajstić information content (AvgIpc) is 2.23. The Bertz CT molecular complexity index is 294. The molecule has 0 spiro atoms. The number of rotatable bonds is 7. The predicted octanol–water partition coefficient (Wildman–Crippen LogP) is 4.89. The Balaban J connectivity index is 4.11. The molecule has 88 valence electrons. The first-order chi connectivity index (χ1) is 7.60. The molecule has 0 atom stereocenters. The molecule has 0 bridgehead atoms. The zero-order chi connectivity index (χ0) is 12.4. The lowest BCUT2D eigenvalue weighted by Crippen LogP contribution is -1.87. The van der Waals surface area contributed by atoms with Crippen molar-refractivity contribution in [2.75, 3.05) is 0 Å². The topological polar surface area (TPSA) is 0 Å². The molecule has 0 saturated heterocycles. The normalized spacial score (nSPS) is 12.7. The molecule has 0 aliphatic heterocycles. The highest BCUT2D eigenvalue weighted by molar-refractivity contribution is 5.27. The maximum atomic E-state index is 5.27. The average molecular weight is 216 g/mol. The first-order valence-corrected chi connectivity index (χ1v) is 6.02. The maximum Gasteiger partial charge on any atom is 0.0337 e. The Labute approximate surface area is 101 Å². The summed E-state index contributed by atoms with van der Waals surface area (Å²) in [6, 6.07) is 0. The van der Waals surface area contributed by atoms with Crippen LogP contribution < -0.4 is 0 Å². The van der Waals surface area contributed by atoms with Crippen LogP contribution in [0.25, 0.3) is 0 Å².